The first-order valence-corrected chi connectivity index (χ1v) is 14.5. The molecule has 0 saturated carbocycles. The molecule has 2 saturated heterocycles. The summed E-state index contributed by atoms with van der Waals surface area (Å²) in [6, 6.07) is 13.8. The number of halogens is 1. The van der Waals surface area contributed by atoms with E-state index in [1.165, 1.54) is 19.3 Å². The molecule has 1 unspecified atom stereocenters. The number of benzene rings is 2. The highest BCUT2D eigenvalue weighted by Gasteiger charge is 2.30. The lowest BCUT2D eigenvalue weighted by atomic mass is 10.0. The maximum absolute atomic E-state index is 12.6. The average Bonchev–Trinajstić information content (AvgIpc) is 3.10. The number of piperidine rings is 1. The normalized spacial score (nSPS) is 19.0. The van der Waals surface area contributed by atoms with Crippen molar-refractivity contribution >= 4 is 29.1 Å². The van der Waals surface area contributed by atoms with Gasteiger partial charge in [0.25, 0.3) is 0 Å². The first-order chi connectivity index (χ1) is 18.6. The van der Waals surface area contributed by atoms with Gasteiger partial charge in [-0.3, -0.25) is 14.6 Å². The number of piperazine rings is 1. The molecule has 2 fully saturated rings. The second-order valence-corrected chi connectivity index (χ2v) is 10.9. The molecule has 2 aromatic rings. The fourth-order valence-corrected chi connectivity index (χ4v) is 5.72. The van der Waals surface area contributed by atoms with Gasteiger partial charge in [0.05, 0.1) is 18.6 Å². The maximum atomic E-state index is 12.6. The monoisotopic (exact) mass is 538 g/mol. The van der Waals surface area contributed by atoms with Gasteiger partial charge in [0.15, 0.2) is 5.75 Å². The zero-order chi connectivity index (χ0) is 26.3. The van der Waals surface area contributed by atoms with Gasteiger partial charge in [-0.25, -0.2) is 4.99 Å². The van der Waals surface area contributed by atoms with Gasteiger partial charge in [0.1, 0.15) is 17.3 Å². The first kappa shape index (κ1) is 27.0. The number of likely N-dealkylation sites (tertiary alicyclic amines) is 1. The molecule has 38 heavy (non-hydrogen) atoms. The highest BCUT2D eigenvalue weighted by Crippen LogP contribution is 2.39. The van der Waals surface area contributed by atoms with Crippen LogP contribution in [0.2, 0.25) is 5.02 Å². The molecule has 0 bridgehead atoms. The molecule has 8 heteroatoms. The van der Waals surface area contributed by atoms with Crippen molar-refractivity contribution in [2.45, 2.75) is 51.5 Å². The summed E-state index contributed by atoms with van der Waals surface area (Å²) >= 11 is 6.40. The number of rotatable bonds is 8. The Morgan fingerprint density at radius 3 is 2.61 bits per heavy atom. The van der Waals surface area contributed by atoms with Crippen LogP contribution in [-0.2, 0) is 9.53 Å². The molecule has 0 radical (unpaired) electrons. The fourth-order valence-electron chi connectivity index (χ4n) is 5.55. The summed E-state index contributed by atoms with van der Waals surface area (Å²) < 4.78 is 11.8. The van der Waals surface area contributed by atoms with Crippen LogP contribution in [0.15, 0.2) is 47.5 Å². The summed E-state index contributed by atoms with van der Waals surface area (Å²) in [6.45, 7) is 9.18. The third-order valence-electron chi connectivity index (χ3n) is 7.71. The largest absolute Gasteiger partial charge is 0.466 e. The molecule has 7 nitrogen and oxygen atoms in total. The number of carbonyl (C=O) groups is 1. The summed E-state index contributed by atoms with van der Waals surface area (Å²) in [5, 5.41) is 0.667. The van der Waals surface area contributed by atoms with E-state index in [0.29, 0.717) is 18.1 Å². The van der Waals surface area contributed by atoms with E-state index in [4.69, 9.17) is 26.1 Å². The van der Waals surface area contributed by atoms with Crippen molar-refractivity contribution in [2.75, 3.05) is 52.4 Å². The van der Waals surface area contributed by atoms with Crippen molar-refractivity contribution in [3.63, 3.8) is 0 Å². The summed E-state index contributed by atoms with van der Waals surface area (Å²) in [5.74, 6) is 2.36. The van der Waals surface area contributed by atoms with Crippen LogP contribution in [0.3, 0.4) is 0 Å². The molecule has 5 rings (SSSR count). The van der Waals surface area contributed by atoms with Crippen LogP contribution < -0.4 is 4.74 Å². The average molecular weight is 539 g/mol. The fraction of sp³-hybridized carbons (Fsp3) is 0.533. The van der Waals surface area contributed by atoms with Gasteiger partial charge in [-0.2, -0.15) is 0 Å². The van der Waals surface area contributed by atoms with Crippen LogP contribution in [0.5, 0.6) is 11.5 Å². The Labute approximate surface area is 231 Å². The zero-order valence-corrected chi connectivity index (χ0v) is 23.2. The molecule has 1 atom stereocenters. The van der Waals surface area contributed by atoms with Gasteiger partial charge >= 0.3 is 5.97 Å². The van der Waals surface area contributed by atoms with E-state index in [-0.39, 0.29) is 12.0 Å². The van der Waals surface area contributed by atoms with E-state index < -0.39 is 0 Å². The number of nitrogens with zero attached hydrogens (tertiary/aromatic N) is 4. The number of ether oxygens (including phenoxy) is 2. The Morgan fingerprint density at radius 2 is 1.82 bits per heavy atom. The van der Waals surface area contributed by atoms with Crippen LogP contribution in [0.4, 0.5) is 5.69 Å². The minimum atomic E-state index is -0.0624. The number of carbonyl (C=O) groups excluding carboxylic acids is 1. The number of unbranched alkanes of at least 4 members (excludes halogenated alkanes) is 1. The van der Waals surface area contributed by atoms with Crippen molar-refractivity contribution in [1.82, 2.24) is 14.7 Å². The number of aliphatic imine (C=N–C) groups is 1. The van der Waals surface area contributed by atoms with Gasteiger partial charge in [0, 0.05) is 43.8 Å². The Hall–Kier alpha value is -2.61. The Morgan fingerprint density at radius 1 is 1.03 bits per heavy atom. The SMILES string of the molecule is CCCCOC(=O)CC(CN1CCN(C2=Nc3ccccc3Oc3ccc(Cl)cc32)CC1)N1CCCCC1. The number of hydrogen-bond acceptors (Lipinski definition) is 7. The molecule has 3 aliphatic rings. The Kier molecular flexibility index (Phi) is 9.20. The minimum absolute atomic E-state index is 0.0624. The van der Waals surface area contributed by atoms with Gasteiger partial charge in [-0.1, -0.05) is 43.5 Å². The van der Waals surface area contributed by atoms with Gasteiger partial charge in [0.2, 0.25) is 0 Å². The number of esters is 1. The van der Waals surface area contributed by atoms with Crippen LogP contribution in [-0.4, -0.2) is 85.0 Å². The molecule has 0 spiro atoms. The topological polar surface area (TPSA) is 57.6 Å². The molecular formula is C30H39ClN4O3. The van der Waals surface area contributed by atoms with E-state index >= 15 is 0 Å². The first-order valence-electron chi connectivity index (χ1n) is 14.1. The second-order valence-electron chi connectivity index (χ2n) is 10.5. The number of amidine groups is 1. The van der Waals surface area contributed by atoms with Crippen molar-refractivity contribution in [1.29, 1.82) is 0 Å². The van der Waals surface area contributed by atoms with Gasteiger partial charge in [-0.05, 0) is 62.7 Å². The molecule has 2 aromatic carbocycles. The number of hydrogen-bond donors (Lipinski definition) is 0. The van der Waals surface area contributed by atoms with E-state index in [0.717, 1.165) is 87.2 Å². The molecule has 3 heterocycles. The standard InChI is InChI=1S/C30H39ClN4O3/c1-2-3-19-37-29(36)21-24(34-13-7-4-8-14-34)22-33-15-17-35(18-16-33)30-25-20-23(31)11-12-27(25)38-28-10-6-5-9-26(28)32-30/h5-6,9-12,20,24H,2-4,7-8,13-19,21-22H2,1H3. The van der Waals surface area contributed by atoms with Gasteiger partial charge in [-0.15, -0.1) is 0 Å². The van der Waals surface area contributed by atoms with Crippen LogP contribution >= 0.6 is 11.6 Å². The van der Waals surface area contributed by atoms with Crippen LogP contribution in [0.25, 0.3) is 0 Å². The molecule has 0 N–H and O–H groups in total. The lowest BCUT2D eigenvalue weighted by molar-refractivity contribution is -0.145. The predicted molar refractivity (Wildman–Crippen MR) is 152 cm³/mol. The third kappa shape index (κ3) is 6.68. The zero-order valence-electron chi connectivity index (χ0n) is 22.4. The van der Waals surface area contributed by atoms with E-state index in [1.54, 1.807) is 0 Å². The molecule has 3 aliphatic heterocycles. The van der Waals surface area contributed by atoms with E-state index in [2.05, 4.69) is 21.6 Å². The molecule has 0 aromatic heterocycles. The lowest BCUT2D eigenvalue weighted by Crippen LogP contribution is -2.54. The Bertz CT molecular complexity index is 1130. The van der Waals surface area contributed by atoms with Crippen molar-refractivity contribution in [3.05, 3.63) is 53.1 Å². The minimum Gasteiger partial charge on any atom is -0.466 e. The highest BCUT2D eigenvalue weighted by atomic mass is 35.5. The van der Waals surface area contributed by atoms with E-state index in [9.17, 15) is 4.79 Å². The van der Waals surface area contributed by atoms with Gasteiger partial charge < -0.3 is 14.4 Å². The van der Waals surface area contributed by atoms with Crippen molar-refractivity contribution in [3.8, 4) is 11.5 Å². The summed E-state index contributed by atoms with van der Waals surface area (Å²) in [6.07, 6.45) is 6.13. The molecule has 0 amide bonds. The summed E-state index contributed by atoms with van der Waals surface area (Å²) in [7, 11) is 0. The van der Waals surface area contributed by atoms with Crippen LogP contribution in [0, 0.1) is 0 Å². The maximum Gasteiger partial charge on any atom is 0.307 e. The summed E-state index contributed by atoms with van der Waals surface area (Å²) in [4.78, 5) is 25.0. The molecule has 204 valence electrons. The quantitative estimate of drug-likeness (QED) is 0.316. The number of para-hydroxylation sites is 2. The summed E-state index contributed by atoms with van der Waals surface area (Å²) in [5.41, 5.74) is 1.74. The molecular weight excluding hydrogens is 500 g/mol. The molecule has 0 aliphatic carbocycles. The number of fused-ring (bicyclic) bond motifs is 2. The van der Waals surface area contributed by atoms with Crippen LogP contribution in [0.1, 0.15) is 51.0 Å². The lowest BCUT2D eigenvalue weighted by Gasteiger charge is -2.41. The van der Waals surface area contributed by atoms with Crippen molar-refractivity contribution < 1.29 is 14.3 Å². The van der Waals surface area contributed by atoms with E-state index in [1.807, 2.05) is 42.5 Å². The third-order valence-corrected chi connectivity index (χ3v) is 7.94. The predicted octanol–water partition coefficient (Wildman–Crippen LogP) is 5.73. The smallest absolute Gasteiger partial charge is 0.307 e. The highest BCUT2D eigenvalue weighted by molar-refractivity contribution is 6.31. The van der Waals surface area contributed by atoms with Crippen molar-refractivity contribution in [2.24, 2.45) is 4.99 Å². The second kappa shape index (κ2) is 13.0. The Balaban J connectivity index is 1.27.